The van der Waals surface area contributed by atoms with Gasteiger partial charge in [-0.25, -0.2) is 14.9 Å². The molecule has 1 saturated heterocycles. The van der Waals surface area contributed by atoms with Crippen molar-refractivity contribution in [3.8, 4) is 5.75 Å². The van der Waals surface area contributed by atoms with Gasteiger partial charge in [-0.2, -0.15) is 0 Å². The van der Waals surface area contributed by atoms with Crippen molar-refractivity contribution < 1.29 is 19.1 Å². The Morgan fingerprint density at radius 3 is 2.31 bits per heavy atom. The van der Waals surface area contributed by atoms with Crippen LogP contribution in [0.15, 0.2) is 42.7 Å². The molecular weight excluding hydrogens is 430 g/mol. The zero-order valence-electron chi connectivity index (χ0n) is 17.3. The number of benzene rings is 1. The number of aromatic nitrogens is 2. The van der Waals surface area contributed by atoms with E-state index in [1.54, 1.807) is 18.2 Å². The first-order valence-electron chi connectivity index (χ1n) is 10.7. The van der Waals surface area contributed by atoms with Crippen LogP contribution in [-0.4, -0.2) is 34.2 Å². The molecule has 32 heavy (non-hydrogen) atoms. The van der Waals surface area contributed by atoms with Gasteiger partial charge in [0.05, 0.1) is 24.2 Å². The lowest BCUT2D eigenvalue weighted by Gasteiger charge is -2.37. The number of nitrogens with zero attached hydrogens (tertiary/aromatic N) is 3. The van der Waals surface area contributed by atoms with E-state index in [4.69, 9.17) is 16.3 Å². The molecule has 6 atom stereocenters. The fourth-order valence-electron chi connectivity index (χ4n) is 5.70. The summed E-state index contributed by atoms with van der Waals surface area (Å²) in [4.78, 5) is 48.1. The number of ether oxygens (including phenoxy) is 1. The molecular formula is C24H20ClN3O4. The first-order valence-corrected chi connectivity index (χ1v) is 11.1. The van der Waals surface area contributed by atoms with Crippen molar-refractivity contribution in [3.05, 3.63) is 58.9 Å². The molecule has 2 aromatic rings. The molecule has 0 N–H and O–H groups in total. The van der Waals surface area contributed by atoms with E-state index < -0.39 is 0 Å². The Hall–Kier alpha value is -3.06. The number of carbonyl (C=O) groups is 3. The number of allylic oxidation sites excluding steroid dienone is 2. The topological polar surface area (TPSA) is 89.5 Å². The number of anilines is 1. The van der Waals surface area contributed by atoms with E-state index in [1.165, 1.54) is 12.4 Å². The van der Waals surface area contributed by atoms with E-state index in [1.807, 2.05) is 6.92 Å². The van der Waals surface area contributed by atoms with Crippen LogP contribution in [0.4, 0.5) is 5.95 Å². The van der Waals surface area contributed by atoms with Gasteiger partial charge in [0.15, 0.2) is 18.1 Å². The molecule has 2 amide bonds. The van der Waals surface area contributed by atoms with E-state index in [9.17, 15) is 14.4 Å². The second-order valence-electron chi connectivity index (χ2n) is 9.06. The summed E-state index contributed by atoms with van der Waals surface area (Å²) in [5, 5.41) is 0.595. The number of imide groups is 1. The molecule has 0 radical (unpaired) electrons. The van der Waals surface area contributed by atoms with Crippen molar-refractivity contribution >= 4 is 35.1 Å². The van der Waals surface area contributed by atoms with Crippen LogP contribution in [0, 0.1) is 42.4 Å². The van der Waals surface area contributed by atoms with Crippen LogP contribution in [0.1, 0.15) is 22.3 Å². The molecule has 1 aliphatic heterocycles. The summed E-state index contributed by atoms with van der Waals surface area (Å²) in [6, 6.07) is 5.04. The fraction of sp³-hybridized carbons (Fsp3) is 0.375. The highest BCUT2D eigenvalue weighted by atomic mass is 35.5. The summed E-state index contributed by atoms with van der Waals surface area (Å²) in [6.45, 7) is 1.64. The van der Waals surface area contributed by atoms with Crippen LogP contribution in [0.2, 0.25) is 5.02 Å². The van der Waals surface area contributed by atoms with Crippen molar-refractivity contribution in [2.75, 3.05) is 11.5 Å². The zero-order chi connectivity index (χ0) is 22.1. The quantitative estimate of drug-likeness (QED) is 0.395. The van der Waals surface area contributed by atoms with Crippen LogP contribution in [0.3, 0.4) is 0 Å². The van der Waals surface area contributed by atoms with Gasteiger partial charge in [0.1, 0.15) is 0 Å². The van der Waals surface area contributed by atoms with Crippen LogP contribution in [-0.2, 0) is 9.59 Å². The molecule has 2 bridgehead atoms. The van der Waals surface area contributed by atoms with Gasteiger partial charge in [0, 0.05) is 10.6 Å². The fourth-order valence-corrected chi connectivity index (χ4v) is 5.82. The maximum Gasteiger partial charge on any atom is 0.240 e. The average Bonchev–Trinajstić information content (AvgIpc) is 3.58. The molecule has 162 valence electrons. The minimum atomic E-state index is -0.291. The minimum Gasteiger partial charge on any atom is -0.482 e. The van der Waals surface area contributed by atoms with Gasteiger partial charge in [-0.05, 0) is 60.8 Å². The second-order valence-corrected chi connectivity index (χ2v) is 9.47. The van der Waals surface area contributed by atoms with E-state index in [-0.39, 0.29) is 59.6 Å². The predicted molar refractivity (Wildman–Crippen MR) is 115 cm³/mol. The van der Waals surface area contributed by atoms with Crippen molar-refractivity contribution in [1.29, 1.82) is 0 Å². The van der Waals surface area contributed by atoms with Gasteiger partial charge in [0.2, 0.25) is 17.8 Å². The maximum absolute atomic E-state index is 13.1. The van der Waals surface area contributed by atoms with Gasteiger partial charge in [0.25, 0.3) is 0 Å². The molecule has 7 nitrogen and oxygen atoms in total. The van der Waals surface area contributed by atoms with Crippen molar-refractivity contribution in [2.24, 2.45) is 35.5 Å². The average molecular weight is 450 g/mol. The summed E-state index contributed by atoms with van der Waals surface area (Å²) in [5.41, 5.74) is 1.31. The second kappa shape index (κ2) is 6.97. The van der Waals surface area contributed by atoms with E-state index in [0.29, 0.717) is 22.4 Å². The maximum atomic E-state index is 13.1. The van der Waals surface area contributed by atoms with Crippen molar-refractivity contribution in [2.45, 2.75) is 13.3 Å². The normalized spacial score (nSPS) is 31.5. The molecule has 7 rings (SSSR count). The first-order chi connectivity index (χ1) is 15.4. The molecule has 4 aliphatic carbocycles. The molecule has 0 spiro atoms. The number of hydrogen-bond acceptors (Lipinski definition) is 6. The highest BCUT2D eigenvalue weighted by Gasteiger charge is 2.67. The lowest BCUT2D eigenvalue weighted by Crippen LogP contribution is -2.40. The zero-order valence-corrected chi connectivity index (χ0v) is 18.0. The number of hydrogen-bond donors (Lipinski definition) is 0. The van der Waals surface area contributed by atoms with E-state index in [2.05, 4.69) is 22.1 Å². The molecule has 2 saturated carbocycles. The third-order valence-electron chi connectivity index (χ3n) is 7.33. The molecule has 4 unspecified atom stereocenters. The Balaban J connectivity index is 1.15. The van der Waals surface area contributed by atoms with Crippen LogP contribution in [0.25, 0.3) is 0 Å². The van der Waals surface area contributed by atoms with Gasteiger partial charge in [-0.15, -0.1) is 0 Å². The SMILES string of the molecule is Cc1cc(C(=O)COc2cnc(N3C(=O)C4C(C3=O)[C@@H]3C=CC4[C@H]4CC34)nc2)ccc1Cl. The molecule has 1 aromatic carbocycles. The summed E-state index contributed by atoms with van der Waals surface area (Å²) in [5.74, 6) is 0.554. The van der Waals surface area contributed by atoms with Crippen molar-refractivity contribution in [1.82, 2.24) is 9.97 Å². The Morgan fingerprint density at radius 2 is 1.72 bits per heavy atom. The molecule has 1 aromatic heterocycles. The van der Waals surface area contributed by atoms with Gasteiger partial charge in [-0.1, -0.05) is 23.8 Å². The molecule has 3 fully saturated rings. The largest absolute Gasteiger partial charge is 0.482 e. The Labute approximate surface area is 189 Å². The highest BCUT2D eigenvalue weighted by Crippen LogP contribution is 2.65. The molecule has 8 heteroatoms. The predicted octanol–water partition coefficient (Wildman–Crippen LogP) is 3.26. The Kier molecular flexibility index (Phi) is 4.27. The third kappa shape index (κ3) is 2.84. The lowest BCUT2D eigenvalue weighted by atomic mass is 9.63. The van der Waals surface area contributed by atoms with Crippen molar-refractivity contribution in [3.63, 3.8) is 0 Å². The third-order valence-corrected chi connectivity index (χ3v) is 7.75. The standard InChI is InChI=1S/C24H20ClN3O4/c1-11-6-12(2-5-18(11)25)19(29)10-32-13-8-26-24(27-9-13)28-22(30)20-14-3-4-15(17-7-16(14)17)21(20)23(28)31/h2-6,8-9,14-17,20-21H,7,10H2,1H3/t14-,15?,16?,17-,20?,21?/m1/s1. The monoisotopic (exact) mass is 449 g/mol. The minimum absolute atomic E-state index is 0.0643. The number of ketones is 1. The number of rotatable bonds is 5. The highest BCUT2D eigenvalue weighted by molar-refractivity contribution is 6.31. The number of aryl methyl sites for hydroxylation is 1. The summed E-state index contributed by atoms with van der Waals surface area (Å²) in [7, 11) is 0. The first kappa shape index (κ1) is 19.6. The Bertz CT molecular complexity index is 1160. The molecule has 2 heterocycles. The number of carbonyl (C=O) groups excluding carboxylic acids is 3. The summed E-state index contributed by atoms with van der Waals surface area (Å²) in [6.07, 6.45) is 8.15. The number of Topliss-reactive ketones (excluding diaryl/α,β-unsaturated/α-hetero) is 1. The van der Waals surface area contributed by atoms with E-state index >= 15 is 0 Å². The van der Waals surface area contributed by atoms with Crippen LogP contribution >= 0.6 is 11.6 Å². The Morgan fingerprint density at radius 1 is 1.09 bits per heavy atom. The van der Waals surface area contributed by atoms with Gasteiger partial charge in [-0.3, -0.25) is 14.4 Å². The van der Waals surface area contributed by atoms with Gasteiger partial charge < -0.3 is 4.74 Å². The smallest absolute Gasteiger partial charge is 0.240 e. The molecule has 5 aliphatic rings. The summed E-state index contributed by atoms with van der Waals surface area (Å²) < 4.78 is 5.52. The van der Waals surface area contributed by atoms with Crippen LogP contribution in [0.5, 0.6) is 5.75 Å². The van der Waals surface area contributed by atoms with E-state index in [0.717, 1.165) is 16.9 Å². The number of amides is 2. The van der Waals surface area contributed by atoms with Crippen LogP contribution < -0.4 is 9.64 Å². The summed E-state index contributed by atoms with van der Waals surface area (Å²) >= 11 is 6.00. The number of halogens is 1. The van der Waals surface area contributed by atoms with Gasteiger partial charge >= 0.3 is 0 Å². The lowest BCUT2D eigenvalue weighted by molar-refractivity contribution is -0.124.